The summed E-state index contributed by atoms with van der Waals surface area (Å²) in [6.45, 7) is 6.84. The van der Waals surface area contributed by atoms with Crippen LogP contribution in [0.3, 0.4) is 0 Å². The second-order valence-corrected chi connectivity index (χ2v) is 11.0. The van der Waals surface area contributed by atoms with Gasteiger partial charge in [0, 0.05) is 25.9 Å². The number of hydrogen-bond donors (Lipinski definition) is 0. The number of thioether (sulfide) groups is 1. The average Bonchev–Trinajstić information content (AvgIpc) is 3.47. The molecule has 1 aliphatic heterocycles. The monoisotopic (exact) mass is 480 g/mol. The van der Waals surface area contributed by atoms with Crippen LogP contribution < -0.4 is 19.3 Å². The zero-order valence-corrected chi connectivity index (χ0v) is 20.9. The Kier molecular flexibility index (Phi) is 5.97. The van der Waals surface area contributed by atoms with E-state index in [-0.39, 0.29) is 5.56 Å². The van der Waals surface area contributed by atoms with Gasteiger partial charge in [0.15, 0.2) is 0 Å². The summed E-state index contributed by atoms with van der Waals surface area (Å²) in [5.74, 6) is 1.11. The van der Waals surface area contributed by atoms with Gasteiger partial charge in [-0.15, -0.1) is 23.1 Å². The van der Waals surface area contributed by atoms with Gasteiger partial charge >= 0.3 is 0 Å². The van der Waals surface area contributed by atoms with Gasteiger partial charge in [-0.05, 0) is 43.5 Å². The van der Waals surface area contributed by atoms with Crippen LogP contribution in [-0.4, -0.2) is 28.8 Å². The van der Waals surface area contributed by atoms with Crippen LogP contribution in [0.2, 0.25) is 0 Å². The Labute approximate surface area is 199 Å². The van der Waals surface area contributed by atoms with E-state index in [0.717, 1.165) is 28.0 Å². The summed E-state index contributed by atoms with van der Waals surface area (Å²) in [5.41, 5.74) is 1.38. The first-order valence-electron chi connectivity index (χ1n) is 10.9. The smallest absolute Gasteiger partial charge is 0.269 e. The van der Waals surface area contributed by atoms with Gasteiger partial charge in [-0.3, -0.25) is 9.36 Å². The normalized spacial score (nSPS) is 17.0. The van der Waals surface area contributed by atoms with Crippen molar-refractivity contribution in [3.05, 3.63) is 72.1 Å². The van der Waals surface area contributed by atoms with Crippen molar-refractivity contribution >= 4 is 67.6 Å². The molecule has 3 heterocycles. The lowest BCUT2D eigenvalue weighted by molar-refractivity contribution is -0.664. The largest absolute Gasteiger partial charge is 0.369 e. The minimum absolute atomic E-state index is 0.0980. The third-order valence-corrected chi connectivity index (χ3v) is 9.17. The molecule has 164 valence electrons. The van der Waals surface area contributed by atoms with E-state index in [1.54, 1.807) is 22.7 Å². The van der Waals surface area contributed by atoms with E-state index in [1.807, 2.05) is 29.3 Å². The van der Waals surface area contributed by atoms with Crippen LogP contribution in [0.4, 0.5) is 0 Å². The van der Waals surface area contributed by atoms with Gasteiger partial charge in [0.05, 0.1) is 21.0 Å². The molecule has 4 aromatic rings. The van der Waals surface area contributed by atoms with E-state index < -0.39 is 0 Å². The zero-order valence-electron chi connectivity index (χ0n) is 18.5. The number of nitrogens with zero attached hydrogens (tertiary/aromatic N) is 3. The first-order chi connectivity index (χ1) is 15.6. The molecule has 0 amide bonds. The van der Waals surface area contributed by atoms with Crippen molar-refractivity contribution in [3.8, 4) is 0 Å². The van der Waals surface area contributed by atoms with Crippen LogP contribution in [-0.2, 0) is 13.1 Å². The second kappa shape index (κ2) is 8.89. The summed E-state index contributed by atoms with van der Waals surface area (Å²) in [5, 5.41) is 4.94. The predicted octanol–water partition coefficient (Wildman–Crippen LogP) is 3.73. The van der Waals surface area contributed by atoms with Crippen molar-refractivity contribution in [2.45, 2.75) is 26.9 Å². The van der Waals surface area contributed by atoms with Gasteiger partial charge in [0.25, 0.3) is 10.6 Å². The molecule has 32 heavy (non-hydrogen) atoms. The summed E-state index contributed by atoms with van der Waals surface area (Å²) >= 11 is 5.22. The highest BCUT2D eigenvalue weighted by atomic mass is 32.2. The van der Waals surface area contributed by atoms with Crippen molar-refractivity contribution in [2.24, 2.45) is 0 Å². The predicted molar refractivity (Wildman–Crippen MR) is 140 cm³/mol. The van der Waals surface area contributed by atoms with Gasteiger partial charge in [0.1, 0.15) is 15.9 Å². The third-order valence-electron chi connectivity index (χ3n) is 5.86. The van der Waals surface area contributed by atoms with E-state index >= 15 is 0 Å². The fourth-order valence-electron chi connectivity index (χ4n) is 4.19. The highest BCUT2D eigenvalue weighted by molar-refractivity contribution is 8.03. The Bertz CT molecular complexity index is 1520. The zero-order chi connectivity index (χ0) is 22.2. The molecular formula is C25H26N3OS3+. The maximum atomic E-state index is 13.1. The van der Waals surface area contributed by atoms with Crippen molar-refractivity contribution in [3.63, 3.8) is 0 Å². The molecule has 7 heteroatoms. The number of hydrogen-bond acceptors (Lipinski definition) is 5. The summed E-state index contributed by atoms with van der Waals surface area (Å²) in [7, 11) is 2.10. The molecule has 2 aromatic carbocycles. The molecule has 0 saturated carbocycles. The van der Waals surface area contributed by atoms with E-state index in [2.05, 4.69) is 72.0 Å². The second-order valence-electron chi connectivity index (χ2n) is 7.76. The standard InChI is InChI=1S/C25H26N3OS3/c1-4-27-22(31-19-11-10-17-8-6-7-9-18(17)24(19)27)16-23-28(5-2)25(29)20(32-23)12-13-21-26(3)14-15-30-21/h6-13,16H,4-5,14-15H2,1-3H3/q+1/b20-12-,21-13-. The lowest BCUT2D eigenvalue weighted by Crippen LogP contribution is -2.35. The molecule has 4 nitrogen and oxygen atoms in total. The molecule has 2 aromatic heterocycles. The number of aryl methyl sites for hydroxylation is 1. The molecule has 0 atom stereocenters. The molecular weight excluding hydrogens is 454 g/mol. The molecule has 1 aliphatic rings. The van der Waals surface area contributed by atoms with E-state index in [4.69, 9.17) is 0 Å². The minimum atomic E-state index is 0.0980. The van der Waals surface area contributed by atoms with Gasteiger partial charge < -0.3 is 4.90 Å². The van der Waals surface area contributed by atoms with E-state index in [1.165, 1.54) is 31.0 Å². The summed E-state index contributed by atoms with van der Waals surface area (Å²) in [4.78, 5) is 15.3. The molecule has 0 radical (unpaired) electrons. The van der Waals surface area contributed by atoms with E-state index in [9.17, 15) is 4.79 Å². The fraction of sp³-hybridized carbons (Fsp3) is 0.280. The van der Waals surface area contributed by atoms with Crippen LogP contribution in [0.25, 0.3) is 33.1 Å². The highest BCUT2D eigenvalue weighted by Crippen LogP contribution is 2.28. The Morgan fingerprint density at radius 1 is 1.09 bits per heavy atom. The Morgan fingerprint density at radius 3 is 2.69 bits per heavy atom. The van der Waals surface area contributed by atoms with Crippen molar-refractivity contribution in [1.82, 2.24) is 9.47 Å². The first kappa shape index (κ1) is 21.5. The number of allylic oxidation sites excluding steroid dienone is 1. The molecule has 0 unspecified atom stereocenters. The van der Waals surface area contributed by atoms with Crippen molar-refractivity contribution in [2.75, 3.05) is 19.3 Å². The van der Waals surface area contributed by atoms with Crippen LogP contribution in [0, 0.1) is 0 Å². The van der Waals surface area contributed by atoms with Crippen LogP contribution in [0.1, 0.15) is 18.9 Å². The number of aromatic nitrogens is 2. The number of benzene rings is 2. The Hall–Kier alpha value is -2.35. The fourth-order valence-corrected chi connectivity index (χ4v) is 7.54. The van der Waals surface area contributed by atoms with Gasteiger partial charge in [-0.1, -0.05) is 35.6 Å². The SMILES string of the molecule is CCn1c(=O)/c(=C/C=C2\SCCN2C)s/c1=C/c1sc2ccc3ccccc3c2[n+]1CC. The summed E-state index contributed by atoms with van der Waals surface area (Å²) in [6.07, 6.45) is 6.28. The average molecular weight is 481 g/mol. The van der Waals surface area contributed by atoms with Gasteiger partial charge in [0.2, 0.25) is 5.52 Å². The molecule has 1 saturated heterocycles. The topological polar surface area (TPSA) is 29.1 Å². The molecule has 0 spiro atoms. The van der Waals surface area contributed by atoms with Crippen molar-refractivity contribution < 1.29 is 4.57 Å². The number of rotatable bonds is 4. The lowest BCUT2D eigenvalue weighted by Gasteiger charge is -2.09. The quantitative estimate of drug-likeness (QED) is 0.417. The summed E-state index contributed by atoms with van der Waals surface area (Å²) in [6, 6.07) is 13.0. The molecule has 1 fully saturated rings. The molecule has 0 aliphatic carbocycles. The third kappa shape index (κ3) is 3.72. The maximum Gasteiger partial charge on any atom is 0.269 e. The Balaban J connectivity index is 1.70. The lowest BCUT2D eigenvalue weighted by atomic mass is 10.1. The minimum Gasteiger partial charge on any atom is -0.369 e. The van der Waals surface area contributed by atoms with Crippen molar-refractivity contribution in [1.29, 1.82) is 0 Å². The first-order valence-corrected chi connectivity index (χ1v) is 13.5. The molecule has 0 bridgehead atoms. The molecule has 5 rings (SSSR count). The van der Waals surface area contributed by atoms with E-state index in [0.29, 0.717) is 6.54 Å². The highest BCUT2D eigenvalue weighted by Gasteiger charge is 2.20. The van der Waals surface area contributed by atoms with Gasteiger partial charge in [-0.2, -0.15) is 4.57 Å². The summed E-state index contributed by atoms with van der Waals surface area (Å²) < 4.78 is 7.34. The van der Waals surface area contributed by atoms with Crippen LogP contribution in [0.5, 0.6) is 0 Å². The van der Waals surface area contributed by atoms with Gasteiger partial charge in [-0.25, -0.2) is 0 Å². The molecule has 0 N–H and O–H groups in total. The van der Waals surface area contributed by atoms with Crippen LogP contribution >= 0.6 is 34.4 Å². The van der Waals surface area contributed by atoms with Crippen LogP contribution in [0.15, 0.2) is 52.3 Å². The number of fused-ring (bicyclic) bond motifs is 3. The Morgan fingerprint density at radius 2 is 1.94 bits per heavy atom. The number of thiazole rings is 2. The maximum absolute atomic E-state index is 13.1.